The first-order valence-corrected chi connectivity index (χ1v) is 10.7. The highest BCUT2D eigenvalue weighted by atomic mass is 16.7. The van der Waals surface area contributed by atoms with Crippen LogP contribution in [0, 0.1) is 0 Å². The number of rotatable bonds is 8. The van der Waals surface area contributed by atoms with Crippen LogP contribution >= 0.6 is 0 Å². The Morgan fingerprint density at radius 1 is 0.968 bits per heavy atom. The molecule has 5 nitrogen and oxygen atoms in total. The molecular weight excluding hydrogens is 392 g/mol. The summed E-state index contributed by atoms with van der Waals surface area (Å²) in [7, 11) is 3.21. The number of benzene rings is 2. The number of methoxy groups -OCH3 is 2. The number of aromatic hydroxyl groups is 1. The van der Waals surface area contributed by atoms with Gasteiger partial charge in [-0.3, -0.25) is 0 Å². The van der Waals surface area contributed by atoms with Crippen molar-refractivity contribution in [2.24, 2.45) is 0 Å². The largest absolute Gasteiger partial charge is 0.508 e. The molecule has 1 N–H and O–H groups in total. The third-order valence-electron chi connectivity index (χ3n) is 5.69. The summed E-state index contributed by atoms with van der Waals surface area (Å²) in [5, 5.41) is 10.3. The lowest BCUT2D eigenvalue weighted by molar-refractivity contribution is 0.0459. The molecule has 2 aromatic carbocycles. The Morgan fingerprint density at radius 3 is 2.35 bits per heavy atom. The maximum Gasteiger partial charge on any atom is 0.188 e. The lowest BCUT2D eigenvalue weighted by Crippen LogP contribution is -2.13. The van der Waals surface area contributed by atoms with E-state index in [1.807, 2.05) is 24.3 Å². The van der Waals surface area contributed by atoms with E-state index in [1.165, 1.54) is 11.1 Å². The van der Waals surface area contributed by atoms with Crippen LogP contribution in [0.25, 0.3) is 5.57 Å². The summed E-state index contributed by atoms with van der Waals surface area (Å²) in [5.74, 6) is 2.27. The Hall–Kier alpha value is -2.50. The first kappa shape index (κ1) is 23.2. The number of phenols is 1. The molecule has 31 heavy (non-hydrogen) atoms. The van der Waals surface area contributed by atoms with E-state index in [-0.39, 0.29) is 19.0 Å². The minimum Gasteiger partial charge on any atom is -0.508 e. The molecule has 3 rings (SSSR count). The normalized spacial score (nSPS) is 16.7. The van der Waals surface area contributed by atoms with Crippen LogP contribution in [0.15, 0.2) is 42.5 Å². The molecule has 2 aromatic rings. The van der Waals surface area contributed by atoms with Crippen molar-refractivity contribution in [3.8, 4) is 17.2 Å². The van der Waals surface area contributed by atoms with Crippen LogP contribution in [-0.2, 0) is 14.9 Å². The van der Waals surface area contributed by atoms with E-state index in [9.17, 15) is 5.11 Å². The van der Waals surface area contributed by atoms with Crippen molar-refractivity contribution in [3.63, 3.8) is 0 Å². The van der Waals surface area contributed by atoms with Gasteiger partial charge in [0, 0.05) is 25.8 Å². The molecule has 0 saturated carbocycles. The van der Waals surface area contributed by atoms with Gasteiger partial charge >= 0.3 is 0 Å². The Morgan fingerprint density at radius 2 is 1.71 bits per heavy atom. The van der Waals surface area contributed by atoms with Crippen molar-refractivity contribution in [1.82, 2.24) is 0 Å². The SMILES string of the molecule is COCOc1ccc(C2=CCC(c3ccc(O)c(C(C)(C)C)c3)CC2)c(OCOC)c1. The smallest absolute Gasteiger partial charge is 0.188 e. The van der Waals surface area contributed by atoms with E-state index in [4.69, 9.17) is 18.9 Å². The fourth-order valence-electron chi connectivity index (χ4n) is 4.02. The molecule has 168 valence electrons. The van der Waals surface area contributed by atoms with Gasteiger partial charge in [-0.25, -0.2) is 0 Å². The topological polar surface area (TPSA) is 57.2 Å². The van der Waals surface area contributed by atoms with Crippen LogP contribution in [0.3, 0.4) is 0 Å². The van der Waals surface area contributed by atoms with Gasteiger partial charge in [0.25, 0.3) is 0 Å². The van der Waals surface area contributed by atoms with Crippen LogP contribution < -0.4 is 9.47 Å². The van der Waals surface area contributed by atoms with Gasteiger partial charge in [0.15, 0.2) is 13.6 Å². The third-order valence-corrected chi connectivity index (χ3v) is 5.69. The van der Waals surface area contributed by atoms with E-state index in [0.717, 1.165) is 36.1 Å². The van der Waals surface area contributed by atoms with Crippen LogP contribution in [0.1, 0.15) is 62.6 Å². The number of ether oxygens (including phenoxy) is 4. The number of hydrogen-bond acceptors (Lipinski definition) is 5. The van der Waals surface area contributed by atoms with E-state index in [0.29, 0.717) is 17.4 Å². The van der Waals surface area contributed by atoms with Gasteiger partial charge in [0.05, 0.1) is 0 Å². The maximum atomic E-state index is 10.3. The van der Waals surface area contributed by atoms with Crippen molar-refractivity contribution < 1.29 is 24.1 Å². The fraction of sp³-hybridized carbons (Fsp3) is 0.462. The molecule has 1 unspecified atom stereocenters. The Kier molecular flexibility index (Phi) is 7.63. The van der Waals surface area contributed by atoms with E-state index >= 15 is 0 Å². The first-order chi connectivity index (χ1) is 14.8. The van der Waals surface area contributed by atoms with Gasteiger partial charge in [-0.15, -0.1) is 0 Å². The molecule has 0 aliphatic heterocycles. The minimum atomic E-state index is -0.0873. The number of hydrogen-bond donors (Lipinski definition) is 1. The summed E-state index contributed by atoms with van der Waals surface area (Å²) in [6, 6.07) is 11.9. The van der Waals surface area contributed by atoms with Crippen molar-refractivity contribution in [1.29, 1.82) is 0 Å². The van der Waals surface area contributed by atoms with Gasteiger partial charge in [0.2, 0.25) is 0 Å². The molecule has 0 amide bonds. The predicted octanol–water partition coefficient (Wildman–Crippen LogP) is 6.01. The molecule has 1 aliphatic rings. The van der Waals surface area contributed by atoms with Crippen LogP contribution in [0.5, 0.6) is 17.2 Å². The molecule has 1 atom stereocenters. The monoisotopic (exact) mass is 426 g/mol. The molecule has 5 heteroatoms. The van der Waals surface area contributed by atoms with Crippen molar-refractivity contribution >= 4 is 5.57 Å². The zero-order valence-electron chi connectivity index (χ0n) is 19.2. The zero-order chi connectivity index (χ0) is 22.4. The van der Waals surface area contributed by atoms with E-state index in [1.54, 1.807) is 14.2 Å². The summed E-state index contributed by atoms with van der Waals surface area (Å²) in [6.45, 7) is 6.77. The summed E-state index contributed by atoms with van der Waals surface area (Å²) < 4.78 is 21.5. The van der Waals surface area contributed by atoms with Gasteiger partial charge in [-0.2, -0.15) is 0 Å². The fourth-order valence-corrected chi connectivity index (χ4v) is 4.02. The highest BCUT2D eigenvalue weighted by Gasteiger charge is 2.23. The molecule has 1 aliphatic carbocycles. The molecule has 0 heterocycles. The summed E-state index contributed by atoms with van der Waals surface area (Å²) in [5.41, 5.74) is 4.55. The van der Waals surface area contributed by atoms with Crippen molar-refractivity contribution in [2.45, 2.75) is 51.4 Å². The quantitative estimate of drug-likeness (QED) is 0.524. The van der Waals surface area contributed by atoms with Crippen molar-refractivity contribution in [2.75, 3.05) is 27.8 Å². The van der Waals surface area contributed by atoms with Gasteiger partial charge in [0.1, 0.15) is 17.2 Å². The Labute approximate surface area is 185 Å². The Balaban J connectivity index is 1.81. The predicted molar refractivity (Wildman–Crippen MR) is 123 cm³/mol. The van der Waals surface area contributed by atoms with Gasteiger partial charge < -0.3 is 24.1 Å². The Bertz CT molecular complexity index is 910. The molecule has 0 bridgehead atoms. The molecule has 0 saturated heterocycles. The standard InChI is InChI=1S/C26H34O5/c1-26(2,3)23-14-20(10-13-24(23)27)18-6-8-19(9-7-18)22-12-11-21(30-16-28-4)15-25(22)31-17-29-5/h8,10-15,18,27H,6-7,9,16-17H2,1-5H3. The maximum absolute atomic E-state index is 10.3. The minimum absolute atomic E-state index is 0.0873. The molecule has 0 spiro atoms. The summed E-state index contributed by atoms with van der Waals surface area (Å²) in [4.78, 5) is 0. The van der Waals surface area contributed by atoms with Crippen LogP contribution in [0.4, 0.5) is 0 Å². The number of allylic oxidation sites excluding steroid dienone is 2. The van der Waals surface area contributed by atoms with E-state index in [2.05, 4.69) is 39.0 Å². The molecule has 0 fully saturated rings. The summed E-state index contributed by atoms with van der Waals surface area (Å²) >= 11 is 0. The van der Waals surface area contributed by atoms with E-state index < -0.39 is 0 Å². The first-order valence-electron chi connectivity index (χ1n) is 10.7. The summed E-state index contributed by atoms with van der Waals surface area (Å²) in [6.07, 6.45) is 5.27. The van der Waals surface area contributed by atoms with Crippen LogP contribution in [-0.4, -0.2) is 32.9 Å². The highest BCUT2D eigenvalue weighted by molar-refractivity contribution is 5.72. The van der Waals surface area contributed by atoms with Crippen molar-refractivity contribution in [3.05, 3.63) is 59.2 Å². The second-order valence-corrected chi connectivity index (χ2v) is 8.99. The highest BCUT2D eigenvalue weighted by Crippen LogP contribution is 2.41. The van der Waals surface area contributed by atoms with Gasteiger partial charge in [-0.05, 0) is 65.5 Å². The lowest BCUT2D eigenvalue weighted by atomic mass is 9.79. The molecule has 0 aromatic heterocycles. The number of phenolic OH excluding ortho intramolecular Hbond substituents is 1. The average molecular weight is 427 g/mol. The lowest BCUT2D eigenvalue weighted by Gasteiger charge is -2.26. The second kappa shape index (κ2) is 10.2. The second-order valence-electron chi connectivity index (χ2n) is 8.99. The third kappa shape index (κ3) is 5.81. The zero-order valence-corrected chi connectivity index (χ0v) is 19.2. The molecular formula is C26H34O5. The molecule has 0 radical (unpaired) electrons. The van der Waals surface area contributed by atoms with Crippen LogP contribution in [0.2, 0.25) is 0 Å². The van der Waals surface area contributed by atoms with Gasteiger partial charge in [-0.1, -0.05) is 39.0 Å². The average Bonchev–Trinajstić information content (AvgIpc) is 2.76.